The van der Waals surface area contributed by atoms with E-state index in [1.165, 1.54) is 12.1 Å². The Morgan fingerprint density at radius 3 is 2.67 bits per heavy atom. The summed E-state index contributed by atoms with van der Waals surface area (Å²) >= 11 is 0. The van der Waals surface area contributed by atoms with Crippen LogP contribution in [-0.4, -0.2) is 24.7 Å². The van der Waals surface area contributed by atoms with Crippen molar-refractivity contribution in [3.8, 4) is 0 Å². The number of halogens is 1. The molecule has 4 heteroatoms. The van der Waals surface area contributed by atoms with Gasteiger partial charge in [-0.05, 0) is 51.5 Å². The van der Waals surface area contributed by atoms with E-state index in [2.05, 4.69) is 5.32 Å². The highest BCUT2D eigenvalue weighted by Crippen LogP contribution is 2.10. The molecule has 1 amide bonds. The van der Waals surface area contributed by atoms with Crippen LogP contribution >= 0.6 is 0 Å². The summed E-state index contributed by atoms with van der Waals surface area (Å²) in [6.07, 6.45) is 0. The van der Waals surface area contributed by atoms with Gasteiger partial charge in [-0.15, -0.1) is 0 Å². The van der Waals surface area contributed by atoms with Gasteiger partial charge in [-0.2, -0.15) is 0 Å². The first kappa shape index (κ1) is 14.6. The van der Waals surface area contributed by atoms with Crippen LogP contribution in [0.5, 0.6) is 0 Å². The molecule has 100 valence electrons. The SMILES string of the molecule is CCOC(C)(C)CNC(=O)c1ccc(F)c(C)c1. The Morgan fingerprint density at radius 1 is 1.44 bits per heavy atom. The van der Waals surface area contributed by atoms with Gasteiger partial charge < -0.3 is 10.1 Å². The van der Waals surface area contributed by atoms with E-state index in [0.29, 0.717) is 24.3 Å². The second kappa shape index (κ2) is 5.96. The molecule has 3 nitrogen and oxygen atoms in total. The van der Waals surface area contributed by atoms with Crippen molar-refractivity contribution < 1.29 is 13.9 Å². The Morgan fingerprint density at radius 2 is 2.11 bits per heavy atom. The molecule has 0 spiro atoms. The number of aryl methyl sites for hydroxylation is 1. The summed E-state index contributed by atoms with van der Waals surface area (Å²) < 4.78 is 18.6. The summed E-state index contributed by atoms with van der Waals surface area (Å²) in [4.78, 5) is 11.9. The molecule has 0 fully saturated rings. The molecule has 0 bridgehead atoms. The molecule has 1 rings (SSSR count). The normalized spacial score (nSPS) is 11.4. The van der Waals surface area contributed by atoms with Crippen molar-refractivity contribution in [1.82, 2.24) is 5.32 Å². The van der Waals surface area contributed by atoms with E-state index in [-0.39, 0.29) is 11.7 Å². The quantitative estimate of drug-likeness (QED) is 0.876. The second-order valence-corrected chi connectivity index (χ2v) is 4.84. The van der Waals surface area contributed by atoms with Gasteiger partial charge in [0.2, 0.25) is 0 Å². The zero-order valence-electron chi connectivity index (χ0n) is 11.3. The molecule has 0 radical (unpaired) electrons. The Labute approximate surface area is 107 Å². The third-order valence-electron chi connectivity index (χ3n) is 2.63. The molecule has 1 N–H and O–H groups in total. The van der Waals surface area contributed by atoms with Crippen LogP contribution in [0.2, 0.25) is 0 Å². The third kappa shape index (κ3) is 4.11. The van der Waals surface area contributed by atoms with Crippen LogP contribution < -0.4 is 5.32 Å². The predicted molar refractivity (Wildman–Crippen MR) is 69.2 cm³/mol. The van der Waals surface area contributed by atoms with Gasteiger partial charge in [0.15, 0.2) is 0 Å². The Kier molecular flexibility index (Phi) is 4.84. The van der Waals surface area contributed by atoms with Crippen molar-refractivity contribution in [2.45, 2.75) is 33.3 Å². The van der Waals surface area contributed by atoms with E-state index in [4.69, 9.17) is 4.74 Å². The van der Waals surface area contributed by atoms with Crippen molar-refractivity contribution in [3.05, 3.63) is 35.1 Å². The van der Waals surface area contributed by atoms with E-state index in [9.17, 15) is 9.18 Å². The first-order valence-electron chi connectivity index (χ1n) is 6.04. The van der Waals surface area contributed by atoms with Crippen LogP contribution in [0, 0.1) is 12.7 Å². The molecule has 0 aliphatic rings. The van der Waals surface area contributed by atoms with E-state index in [1.54, 1.807) is 13.0 Å². The van der Waals surface area contributed by atoms with Crippen LogP contribution in [0.25, 0.3) is 0 Å². The predicted octanol–water partition coefficient (Wildman–Crippen LogP) is 2.68. The highest BCUT2D eigenvalue weighted by atomic mass is 19.1. The first-order chi connectivity index (χ1) is 8.35. The monoisotopic (exact) mass is 253 g/mol. The number of rotatable bonds is 5. The molecule has 0 saturated carbocycles. The summed E-state index contributed by atoms with van der Waals surface area (Å²) in [6, 6.07) is 4.32. The average Bonchev–Trinajstić information content (AvgIpc) is 2.30. The second-order valence-electron chi connectivity index (χ2n) is 4.84. The minimum Gasteiger partial charge on any atom is -0.374 e. The third-order valence-corrected chi connectivity index (χ3v) is 2.63. The number of hydrogen-bond donors (Lipinski definition) is 1. The molecule has 0 unspecified atom stereocenters. The number of carbonyl (C=O) groups is 1. The summed E-state index contributed by atoms with van der Waals surface area (Å²) in [5, 5.41) is 2.78. The Balaban J connectivity index is 2.63. The highest BCUT2D eigenvalue weighted by Gasteiger charge is 2.19. The summed E-state index contributed by atoms with van der Waals surface area (Å²) in [5.74, 6) is -0.521. The summed E-state index contributed by atoms with van der Waals surface area (Å²) in [6.45, 7) is 8.37. The number of carbonyl (C=O) groups excluding carboxylic acids is 1. The van der Waals surface area contributed by atoms with Crippen LogP contribution in [0.15, 0.2) is 18.2 Å². The zero-order chi connectivity index (χ0) is 13.8. The van der Waals surface area contributed by atoms with E-state index >= 15 is 0 Å². The van der Waals surface area contributed by atoms with Crippen LogP contribution in [0.4, 0.5) is 4.39 Å². The maximum atomic E-state index is 13.1. The smallest absolute Gasteiger partial charge is 0.251 e. The van der Waals surface area contributed by atoms with Gasteiger partial charge in [0.05, 0.1) is 5.60 Å². The van der Waals surface area contributed by atoms with E-state index in [0.717, 1.165) is 0 Å². The molecular weight excluding hydrogens is 233 g/mol. The van der Waals surface area contributed by atoms with Gasteiger partial charge in [0, 0.05) is 18.7 Å². The van der Waals surface area contributed by atoms with Crippen molar-refractivity contribution in [1.29, 1.82) is 0 Å². The van der Waals surface area contributed by atoms with E-state index in [1.807, 2.05) is 20.8 Å². The Bertz CT molecular complexity index is 430. The fourth-order valence-corrected chi connectivity index (χ4v) is 1.62. The molecule has 0 heterocycles. The molecule has 0 aliphatic heterocycles. The molecule has 0 saturated heterocycles. The van der Waals surface area contributed by atoms with Crippen molar-refractivity contribution >= 4 is 5.91 Å². The molecule has 0 aromatic heterocycles. The highest BCUT2D eigenvalue weighted by molar-refractivity contribution is 5.94. The van der Waals surface area contributed by atoms with Gasteiger partial charge in [0.1, 0.15) is 5.82 Å². The maximum absolute atomic E-state index is 13.1. The molecule has 0 aliphatic carbocycles. The lowest BCUT2D eigenvalue weighted by Crippen LogP contribution is -2.40. The van der Waals surface area contributed by atoms with Crippen LogP contribution in [-0.2, 0) is 4.74 Å². The van der Waals surface area contributed by atoms with Crippen molar-refractivity contribution in [2.24, 2.45) is 0 Å². The Hall–Kier alpha value is -1.42. The van der Waals surface area contributed by atoms with Crippen molar-refractivity contribution in [2.75, 3.05) is 13.2 Å². The molecule has 1 aromatic rings. The van der Waals surface area contributed by atoms with Gasteiger partial charge in [-0.25, -0.2) is 4.39 Å². The zero-order valence-corrected chi connectivity index (χ0v) is 11.3. The van der Waals surface area contributed by atoms with Gasteiger partial charge in [0.25, 0.3) is 5.91 Å². The summed E-state index contributed by atoms with van der Waals surface area (Å²) in [7, 11) is 0. The van der Waals surface area contributed by atoms with E-state index < -0.39 is 5.60 Å². The molecular formula is C14H20FNO2. The van der Waals surface area contributed by atoms with Crippen molar-refractivity contribution in [3.63, 3.8) is 0 Å². The number of benzene rings is 1. The minimum absolute atomic E-state index is 0.217. The molecule has 0 atom stereocenters. The minimum atomic E-state index is -0.403. The lowest BCUT2D eigenvalue weighted by atomic mass is 10.1. The lowest BCUT2D eigenvalue weighted by Gasteiger charge is -2.24. The summed E-state index contributed by atoms with van der Waals surface area (Å²) in [5.41, 5.74) is 0.521. The fourth-order valence-electron chi connectivity index (χ4n) is 1.62. The number of hydrogen-bond acceptors (Lipinski definition) is 2. The van der Waals surface area contributed by atoms with Crippen LogP contribution in [0.1, 0.15) is 36.7 Å². The maximum Gasteiger partial charge on any atom is 0.251 e. The fraction of sp³-hybridized carbons (Fsp3) is 0.500. The number of ether oxygens (including phenoxy) is 1. The standard InChI is InChI=1S/C14H20FNO2/c1-5-18-14(3,4)9-16-13(17)11-6-7-12(15)10(2)8-11/h6-8H,5,9H2,1-4H3,(H,16,17). The lowest BCUT2D eigenvalue weighted by molar-refractivity contribution is -0.00815. The first-order valence-corrected chi connectivity index (χ1v) is 6.04. The average molecular weight is 253 g/mol. The number of nitrogens with one attached hydrogen (secondary N) is 1. The van der Waals surface area contributed by atoms with Gasteiger partial charge in [-0.1, -0.05) is 0 Å². The molecule has 1 aromatic carbocycles. The largest absolute Gasteiger partial charge is 0.374 e. The van der Waals surface area contributed by atoms with Gasteiger partial charge in [-0.3, -0.25) is 4.79 Å². The van der Waals surface area contributed by atoms with Gasteiger partial charge >= 0.3 is 0 Å². The molecule has 18 heavy (non-hydrogen) atoms. The number of amides is 1. The topological polar surface area (TPSA) is 38.3 Å². The van der Waals surface area contributed by atoms with Crippen LogP contribution in [0.3, 0.4) is 0 Å².